The Bertz CT molecular complexity index is 3250. The number of thiophene rings is 1. The van der Waals surface area contributed by atoms with E-state index < -0.39 is 0 Å². The minimum Gasteiger partial charge on any atom is -0.456 e. The van der Waals surface area contributed by atoms with Crippen LogP contribution < -0.4 is 0 Å². The maximum absolute atomic E-state index is 6.68. The van der Waals surface area contributed by atoms with Gasteiger partial charge in [0.25, 0.3) is 0 Å². The quantitative estimate of drug-likeness (QED) is 0.182. The minimum atomic E-state index is -0.0508. The summed E-state index contributed by atoms with van der Waals surface area (Å²) in [6.45, 7) is 4.44. The van der Waals surface area contributed by atoms with E-state index in [0.29, 0.717) is 5.84 Å². The maximum atomic E-state index is 6.68. The fraction of sp³-hybridized carbons (Fsp3) is 0.0612. The summed E-state index contributed by atoms with van der Waals surface area (Å²) in [7, 11) is 0. The molecule has 4 nitrogen and oxygen atoms in total. The fourth-order valence-electron chi connectivity index (χ4n) is 8.28. The molecule has 1 unspecified atom stereocenters. The number of benzene rings is 7. The van der Waals surface area contributed by atoms with E-state index in [0.717, 1.165) is 83.1 Å². The van der Waals surface area contributed by atoms with Crippen molar-refractivity contribution in [3.63, 3.8) is 0 Å². The third kappa shape index (κ3) is 4.68. The molecule has 1 aliphatic rings. The van der Waals surface area contributed by atoms with Crippen molar-refractivity contribution in [1.29, 1.82) is 0 Å². The summed E-state index contributed by atoms with van der Waals surface area (Å²) in [4.78, 5) is 10.9. The van der Waals surface area contributed by atoms with Gasteiger partial charge < -0.3 is 8.83 Å². The number of para-hydroxylation sites is 1. The van der Waals surface area contributed by atoms with E-state index in [1.54, 1.807) is 0 Å². The van der Waals surface area contributed by atoms with E-state index in [9.17, 15) is 0 Å². The first kappa shape index (κ1) is 31.0. The van der Waals surface area contributed by atoms with Gasteiger partial charge in [0.1, 0.15) is 22.3 Å². The van der Waals surface area contributed by atoms with Gasteiger partial charge in [0.2, 0.25) is 0 Å². The zero-order valence-electron chi connectivity index (χ0n) is 29.6. The Morgan fingerprint density at radius 3 is 1.98 bits per heavy atom. The molecule has 3 aromatic heterocycles. The first-order chi connectivity index (χ1) is 26.6. The number of furan rings is 2. The second kappa shape index (κ2) is 12.0. The van der Waals surface area contributed by atoms with Crippen LogP contribution in [0.3, 0.4) is 0 Å². The highest BCUT2D eigenvalue weighted by atomic mass is 32.1. The van der Waals surface area contributed by atoms with E-state index in [4.69, 9.17) is 18.8 Å². The zero-order valence-corrected chi connectivity index (χ0v) is 30.4. The van der Waals surface area contributed by atoms with E-state index in [1.165, 1.54) is 25.7 Å². The molecule has 0 bridgehead atoms. The minimum absolute atomic E-state index is 0.0508. The molecule has 7 aromatic carbocycles. The Morgan fingerprint density at radius 1 is 0.500 bits per heavy atom. The molecule has 0 N–H and O–H groups in total. The molecule has 0 radical (unpaired) electrons. The van der Waals surface area contributed by atoms with Gasteiger partial charge in [-0.25, -0.2) is 9.98 Å². The largest absolute Gasteiger partial charge is 0.456 e. The van der Waals surface area contributed by atoms with Gasteiger partial charge in [-0.2, -0.15) is 0 Å². The summed E-state index contributed by atoms with van der Waals surface area (Å²) < 4.78 is 15.6. The van der Waals surface area contributed by atoms with Crippen molar-refractivity contribution in [2.45, 2.75) is 13.8 Å². The van der Waals surface area contributed by atoms with Gasteiger partial charge in [0, 0.05) is 69.9 Å². The van der Waals surface area contributed by atoms with Gasteiger partial charge in [-0.05, 0) is 54.5 Å². The van der Waals surface area contributed by atoms with Crippen LogP contribution in [-0.4, -0.2) is 11.5 Å². The highest BCUT2D eigenvalue weighted by Crippen LogP contribution is 2.45. The number of rotatable bonds is 4. The molecule has 0 saturated carbocycles. The fourth-order valence-corrected chi connectivity index (χ4v) is 9.51. The van der Waals surface area contributed by atoms with E-state index >= 15 is 0 Å². The SMILES string of the molecule is CC1=C(c2ccccc2)N=C(c2ccc3c(c2)oc2ccccc23)N=C(c2cccc3oc4cccc(-c5cccc6c5sc5ccccc56)c4c23)C1C. The molecule has 0 amide bonds. The average Bonchev–Trinajstić information content (AvgIpc) is 3.89. The van der Waals surface area contributed by atoms with E-state index in [1.807, 2.05) is 35.6 Å². The lowest BCUT2D eigenvalue weighted by atomic mass is 9.87. The predicted molar refractivity (Wildman–Crippen MR) is 227 cm³/mol. The number of allylic oxidation sites excluding steroid dienone is 1. The van der Waals surface area contributed by atoms with Crippen LogP contribution in [0.2, 0.25) is 0 Å². The molecule has 1 aliphatic heterocycles. The Labute approximate surface area is 315 Å². The van der Waals surface area contributed by atoms with Crippen molar-refractivity contribution in [3.05, 3.63) is 174 Å². The molecule has 10 aromatic rings. The van der Waals surface area contributed by atoms with Crippen LogP contribution in [0.25, 0.3) is 80.9 Å². The van der Waals surface area contributed by atoms with Crippen molar-refractivity contribution < 1.29 is 8.83 Å². The smallest absolute Gasteiger partial charge is 0.160 e. The normalized spacial score (nSPS) is 15.2. The number of nitrogens with zero attached hydrogens (tertiary/aromatic N) is 2. The van der Waals surface area contributed by atoms with Gasteiger partial charge >= 0.3 is 0 Å². The van der Waals surface area contributed by atoms with Crippen molar-refractivity contribution in [2.75, 3.05) is 0 Å². The topological polar surface area (TPSA) is 51.0 Å². The van der Waals surface area contributed by atoms with Crippen LogP contribution in [0.1, 0.15) is 30.5 Å². The van der Waals surface area contributed by atoms with Gasteiger partial charge in [0.15, 0.2) is 5.84 Å². The van der Waals surface area contributed by atoms with Gasteiger partial charge in [-0.15, -0.1) is 11.3 Å². The van der Waals surface area contributed by atoms with Gasteiger partial charge in [-0.1, -0.05) is 122 Å². The first-order valence-corrected chi connectivity index (χ1v) is 19.1. The molecule has 256 valence electrons. The lowest BCUT2D eigenvalue weighted by Gasteiger charge is -2.17. The molecule has 0 saturated heterocycles. The number of hydrogen-bond donors (Lipinski definition) is 0. The molecule has 11 rings (SSSR count). The molecular weight excluding hydrogens is 681 g/mol. The highest BCUT2D eigenvalue weighted by molar-refractivity contribution is 7.26. The number of hydrogen-bond acceptors (Lipinski definition) is 5. The van der Waals surface area contributed by atoms with Crippen LogP contribution in [0, 0.1) is 5.92 Å². The van der Waals surface area contributed by atoms with Crippen LogP contribution >= 0.6 is 11.3 Å². The standard InChI is InChI=1S/C49H32N2O2S/c1-28-29(2)47(51-49(50-46(28)30-13-4-3-5-14-30)31-25-26-33-32-15-6-8-21-39(32)52-42(33)27-31)38-20-12-23-41-45(38)44-35(17-11-22-40(44)53-41)37-19-10-18-36-34-16-7-9-24-43(34)54-48(36)37/h3-27,29H,1-2H3. The lowest BCUT2D eigenvalue weighted by Crippen LogP contribution is -2.16. The van der Waals surface area contributed by atoms with Crippen molar-refractivity contribution >= 4 is 92.6 Å². The van der Waals surface area contributed by atoms with Crippen molar-refractivity contribution in [3.8, 4) is 11.1 Å². The van der Waals surface area contributed by atoms with E-state index in [2.05, 4.69) is 141 Å². The molecule has 54 heavy (non-hydrogen) atoms. The van der Waals surface area contributed by atoms with Crippen molar-refractivity contribution in [1.82, 2.24) is 0 Å². The molecular formula is C49H32N2O2S. The van der Waals surface area contributed by atoms with Gasteiger partial charge in [0.05, 0.1) is 11.4 Å². The Morgan fingerprint density at radius 2 is 1.13 bits per heavy atom. The maximum Gasteiger partial charge on any atom is 0.160 e. The third-order valence-corrected chi connectivity index (χ3v) is 12.3. The Kier molecular flexibility index (Phi) is 6.88. The zero-order chi connectivity index (χ0) is 35.9. The molecule has 0 fully saturated rings. The summed E-state index contributed by atoms with van der Waals surface area (Å²) in [6.07, 6.45) is 0. The molecule has 4 heterocycles. The lowest BCUT2D eigenvalue weighted by molar-refractivity contribution is 0.668. The Hall–Kier alpha value is -6.56. The number of aliphatic imine (C=N–C) groups is 2. The third-order valence-electron chi connectivity index (χ3n) is 11.1. The molecule has 5 heteroatoms. The van der Waals surface area contributed by atoms with Gasteiger partial charge in [-0.3, -0.25) is 0 Å². The summed E-state index contributed by atoms with van der Waals surface area (Å²) in [5.74, 6) is 0.597. The average molecular weight is 713 g/mol. The van der Waals surface area contributed by atoms with Crippen LogP contribution in [0.15, 0.2) is 176 Å². The van der Waals surface area contributed by atoms with Crippen LogP contribution in [0.4, 0.5) is 0 Å². The second-order valence-electron chi connectivity index (χ2n) is 14.1. The van der Waals surface area contributed by atoms with Crippen LogP contribution in [0.5, 0.6) is 0 Å². The number of amidine groups is 1. The number of fused-ring (bicyclic) bond motifs is 9. The molecule has 0 aliphatic carbocycles. The second-order valence-corrected chi connectivity index (χ2v) is 15.2. The monoisotopic (exact) mass is 712 g/mol. The predicted octanol–water partition coefficient (Wildman–Crippen LogP) is 13.8. The highest BCUT2D eigenvalue weighted by Gasteiger charge is 2.27. The first-order valence-electron chi connectivity index (χ1n) is 18.3. The summed E-state index contributed by atoms with van der Waals surface area (Å²) in [5, 5.41) is 6.90. The van der Waals surface area contributed by atoms with Crippen LogP contribution in [-0.2, 0) is 0 Å². The van der Waals surface area contributed by atoms with E-state index in [-0.39, 0.29) is 5.92 Å². The summed E-state index contributed by atoms with van der Waals surface area (Å²) in [6, 6.07) is 53.1. The summed E-state index contributed by atoms with van der Waals surface area (Å²) >= 11 is 1.85. The molecule has 0 spiro atoms. The summed E-state index contributed by atoms with van der Waals surface area (Å²) in [5.41, 5.74) is 11.8. The molecule has 1 atom stereocenters. The van der Waals surface area contributed by atoms with Crippen molar-refractivity contribution in [2.24, 2.45) is 15.9 Å². The Balaban J connectivity index is 1.17.